The second-order valence-electron chi connectivity index (χ2n) is 16.4. The minimum Gasteiger partial charge on any atom is -0.309 e. The van der Waals surface area contributed by atoms with Crippen molar-refractivity contribution in [2.75, 3.05) is 0 Å². The SMILES string of the molecule is c1ccc(-c2ccc(-n3c4ccccc4c4ccc(-n5c6ccccc6c6c([Si](c7ccccc7)(c7ccccc7)c7ccc(-c8ccccc8)cc7)cccc65)cc43)cc2)cc1. The van der Waals surface area contributed by atoms with E-state index in [-0.39, 0.29) is 0 Å². The molecule has 2 heterocycles. The molecule has 10 aromatic carbocycles. The smallest absolute Gasteiger partial charge is 0.180 e. The molecule has 63 heavy (non-hydrogen) atoms. The summed E-state index contributed by atoms with van der Waals surface area (Å²) in [6, 6.07) is 94.3. The summed E-state index contributed by atoms with van der Waals surface area (Å²) in [5.41, 5.74) is 11.9. The van der Waals surface area contributed by atoms with Gasteiger partial charge in [-0.15, -0.1) is 0 Å². The van der Waals surface area contributed by atoms with Gasteiger partial charge in [-0.2, -0.15) is 0 Å². The molecule has 0 radical (unpaired) electrons. The van der Waals surface area contributed by atoms with Gasteiger partial charge in [0.15, 0.2) is 8.07 Å². The zero-order valence-corrected chi connectivity index (χ0v) is 35.6. The van der Waals surface area contributed by atoms with Crippen LogP contribution in [0.15, 0.2) is 255 Å². The van der Waals surface area contributed by atoms with Crippen molar-refractivity contribution in [2.24, 2.45) is 0 Å². The molecule has 0 aliphatic carbocycles. The fourth-order valence-corrected chi connectivity index (χ4v) is 15.3. The Morgan fingerprint density at radius 3 is 1.27 bits per heavy atom. The molecular weight excluding hydrogens is 777 g/mol. The first kappa shape index (κ1) is 36.8. The number of para-hydroxylation sites is 2. The van der Waals surface area contributed by atoms with Crippen molar-refractivity contribution in [3.05, 3.63) is 255 Å². The molecule has 3 heteroatoms. The number of fused-ring (bicyclic) bond motifs is 6. The van der Waals surface area contributed by atoms with Gasteiger partial charge in [0.05, 0.1) is 22.1 Å². The van der Waals surface area contributed by atoms with E-state index in [1.54, 1.807) is 0 Å². The Bertz CT molecular complexity index is 3530. The van der Waals surface area contributed by atoms with Crippen LogP contribution in [0, 0.1) is 0 Å². The molecule has 0 aliphatic rings. The third-order valence-electron chi connectivity index (χ3n) is 13.1. The maximum atomic E-state index is 2.50. The van der Waals surface area contributed by atoms with E-state index in [9.17, 15) is 0 Å². The highest BCUT2D eigenvalue weighted by Gasteiger charge is 2.43. The topological polar surface area (TPSA) is 9.86 Å². The summed E-state index contributed by atoms with van der Waals surface area (Å²) in [7, 11) is -2.96. The molecule has 0 N–H and O–H groups in total. The number of nitrogens with zero attached hydrogens (tertiary/aromatic N) is 2. The highest BCUT2D eigenvalue weighted by atomic mass is 28.3. The average molecular weight is 819 g/mol. The molecule has 0 saturated heterocycles. The van der Waals surface area contributed by atoms with Crippen molar-refractivity contribution < 1.29 is 0 Å². The molecule has 0 aliphatic heterocycles. The quantitative estimate of drug-likeness (QED) is 0.107. The van der Waals surface area contributed by atoms with Gasteiger partial charge in [-0.1, -0.05) is 212 Å². The van der Waals surface area contributed by atoms with Gasteiger partial charge in [0.2, 0.25) is 0 Å². The number of hydrogen-bond acceptors (Lipinski definition) is 0. The lowest BCUT2D eigenvalue weighted by Crippen LogP contribution is -2.74. The Morgan fingerprint density at radius 1 is 0.254 bits per heavy atom. The van der Waals surface area contributed by atoms with Crippen molar-refractivity contribution in [1.82, 2.24) is 9.13 Å². The first-order valence-corrected chi connectivity index (χ1v) is 23.8. The zero-order chi connectivity index (χ0) is 41.7. The van der Waals surface area contributed by atoms with E-state index in [1.807, 2.05) is 0 Å². The molecule has 0 fully saturated rings. The van der Waals surface area contributed by atoms with E-state index < -0.39 is 8.07 Å². The van der Waals surface area contributed by atoms with Gasteiger partial charge in [0, 0.05) is 32.9 Å². The van der Waals surface area contributed by atoms with Crippen LogP contribution in [-0.4, -0.2) is 17.2 Å². The van der Waals surface area contributed by atoms with E-state index in [2.05, 4.69) is 264 Å². The van der Waals surface area contributed by atoms with Crippen LogP contribution in [-0.2, 0) is 0 Å². The van der Waals surface area contributed by atoms with Crippen LogP contribution in [0.2, 0.25) is 0 Å². The van der Waals surface area contributed by atoms with Crippen molar-refractivity contribution >= 4 is 72.4 Å². The Hall–Kier alpha value is -7.98. The van der Waals surface area contributed by atoms with Crippen LogP contribution in [0.4, 0.5) is 0 Å². The molecule has 2 nitrogen and oxygen atoms in total. The molecule has 0 spiro atoms. The minimum atomic E-state index is -2.96. The van der Waals surface area contributed by atoms with Gasteiger partial charge >= 0.3 is 0 Å². The predicted octanol–water partition coefficient (Wildman–Crippen LogP) is 12.6. The number of aromatic nitrogens is 2. The minimum absolute atomic E-state index is 1.13. The normalized spacial score (nSPS) is 11.8. The van der Waals surface area contributed by atoms with Gasteiger partial charge in [0.25, 0.3) is 0 Å². The Kier molecular flexibility index (Phi) is 8.87. The van der Waals surface area contributed by atoms with Gasteiger partial charge in [-0.3, -0.25) is 0 Å². The zero-order valence-electron chi connectivity index (χ0n) is 34.6. The summed E-state index contributed by atoms with van der Waals surface area (Å²) in [5.74, 6) is 0. The summed E-state index contributed by atoms with van der Waals surface area (Å²) in [4.78, 5) is 0. The fourth-order valence-electron chi connectivity index (χ4n) is 10.3. The maximum Gasteiger partial charge on any atom is 0.180 e. The van der Waals surface area contributed by atoms with Crippen molar-refractivity contribution in [3.8, 4) is 33.6 Å². The Labute approximate surface area is 368 Å². The molecule has 12 aromatic rings. The van der Waals surface area contributed by atoms with Crippen LogP contribution >= 0.6 is 0 Å². The molecule has 296 valence electrons. The number of benzene rings is 10. The van der Waals surface area contributed by atoms with Gasteiger partial charge in [-0.25, -0.2) is 0 Å². The van der Waals surface area contributed by atoms with Gasteiger partial charge < -0.3 is 9.13 Å². The van der Waals surface area contributed by atoms with E-state index in [4.69, 9.17) is 0 Å². The third kappa shape index (κ3) is 5.93. The molecule has 0 atom stereocenters. The van der Waals surface area contributed by atoms with Crippen molar-refractivity contribution in [1.29, 1.82) is 0 Å². The summed E-state index contributed by atoms with van der Waals surface area (Å²) in [5, 5.41) is 10.5. The molecule has 0 amide bonds. The molecule has 0 bridgehead atoms. The maximum absolute atomic E-state index is 2.96. The Morgan fingerprint density at radius 2 is 0.667 bits per heavy atom. The summed E-state index contributed by atoms with van der Waals surface area (Å²) >= 11 is 0. The first-order chi connectivity index (χ1) is 31.3. The number of hydrogen-bond donors (Lipinski definition) is 0. The van der Waals surface area contributed by atoms with E-state index >= 15 is 0 Å². The van der Waals surface area contributed by atoms with Crippen LogP contribution in [0.1, 0.15) is 0 Å². The summed E-state index contributed by atoms with van der Waals surface area (Å²) in [6.07, 6.45) is 0. The second kappa shape index (κ2) is 15.2. The second-order valence-corrected chi connectivity index (χ2v) is 20.2. The molecule has 2 aromatic heterocycles. The lowest BCUT2D eigenvalue weighted by atomic mass is 10.1. The molecule has 12 rings (SSSR count). The van der Waals surface area contributed by atoms with Gasteiger partial charge in [-0.05, 0) is 85.5 Å². The molecule has 0 unspecified atom stereocenters. The largest absolute Gasteiger partial charge is 0.309 e. The van der Waals surface area contributed by atoms with Crippen LogP contribution < -0.4 is 20.7 Å². The standard InChI is InChI=1S/C60H42N2Si/c1-5-18-43(19-6-1)45-32-36-47(37-33-45)61-55-28-15-13-26-52(55)53-41-38-48(42-58(53)61)62-56-29-16-14-27-54(56)60-57(62)30-17-31-59(60)63(49-22-9-3-10-23-49,50-24-11-4-12-25-50)51-39-34-46(35-40-51)44-20-7-2-8-21-44/h1-42H. The average Bonchev–Trinajstić information content (AvgIpc) is 3.89. The predicted molar refractivity (Wildman–Crippen MR) is 270 cm³/mol. The Balaban J connectivity index is 1.12. The van der Waals surface area contributed by atoms with Crippen molar-refractivity contribution in [3.63, 3.8) is 0 Å². The first-order valence-electron chi connectivity index (χ1n) is 21.8. The van der Waals surface area contributed by atoms with E-state index in [1.165, 1.54) is 86.6 Å². The fraction of sp³-hybridized carbons (Fsp3) is 0. The number of rotatable bonds is 8. The summed E-state index contributed by atoms with van der Waals surface area (Å²) in [6.45, 7) is 0. The monoisotopic (exact) mass is 818 g/mol. The van der Waals surface area contributed by atoms with Crippen LogP contribution in [0.5, 0.6) is 0 Å². The van der Waals surface area contributed by atoms with Crippen molar-refractivity contribution in [2.45, 2.75) is 0 Å². The van der Waals surface area contributed by atoms with E-state index in [0.29, 0.717) is 0 Å². The van der Waals surface area contributed by atoms with E-state index in [0.717, 1.165) is 11.4 Å². The van der Waals surface area contributed by atoms with Gasteiger partial charge in [0.1, 0.15) is 0 Å². The lowest BCUT2D eigenvalue weighted by Gasteiger charge is -2.35. The summed E-state index contributed by atoms with van der Waals surface area (Å²) < 4.78 is 4.94. The van der Waals surface area contributed by atoms with Crippen LogP contribution in [0.25, 0.3) is 77.2 Å². The lowest BCUT2D eigenvalue weighted by molar-refractivity contribution is 1.15. The highest BCUT2D eigenvalue weighted by Crippen LogP contribution is 2.37. The van der Waals surface area contributed by atoms with Crippen LogP contribution in [0.3, 0.4) is 0 Å². The molecular formula is C60H42N2Si. The third-order valence-corrected chi connectivity index (χ3v) is 17.9. The highest BCUT2D eigenvalue weighted by molar-refractivity contribution is 7.20. The molecule has 0 saturated carbocycles.